The molecule has 0 radical (unpaired) electrons. The molecule has 0 saturated carbocycles. The van der Waals surface area contributed by atoms with E-state index in [0.717, 1.165) is 5.56 Å². The largest absolute Gasteiger partial charge is 0.381 e. The summed E-state index contributed by atoms with van der Waals surface area (Å²) in [5.41, 5.74) is 1.29. The van der Waals surface area contributed by atoms with Crippen LogP contribution in [0.4, 0.5) is 0 Å². The maximum absolute atomic E-state index is 11.7. The van der Waals surface area contributed by atoms with E-state index in [0.29, 0.717) is 16.3 Å². The van der Waals surface area contributed by atoms with Crippen LogP contribution in [0.1, 0.15) is 5.76 Å². The van der Waals surface area contributed by atoms with Crippen LogP contribution in [0, 0.1) is 6.92 Å². The summed E-state index contributed by atoms with van der Waals surface area (Å²) in [6, 6.07) is 7.12. The van der Waals surface area contributed by atoms with Crippen molar-refractivity contribution in [1.29, 1.82) is 0 Å². The van der Waals surface area contributed by atoms with E-state index in [9.17, 15) is 4.79 Å². The summed E-state index contributed by atoms with van der Waals surface area (Å²) in [7, 11) is 1.59. The molecule has 3 nitrogen and oxygen atoms in total. The smallest absolute Gasteiger partial charge is 0.290 e. The van der Waals surface area contributed by atoms with Crippen molar-refractivity contribution in [1.82, 2.24) is 4.74 Å². The molecule has 1 heterocycles. The van der Waals surface area contributed by atoms with Crippen molar-refractivity contribution < 1.29 is 4.52 Å². The maximum atomic E-state index is 11.7. The molecule has 0 fully saturated rings. The maximum Gasteiger partial charge on any atom is 0.290 e. The number of aromatic nitrogens is 1. The van der Waals surface area contributed by atoms with Crippen molar-refractivity contribution in [3.8, 4) is 11.1 Å². The minimum Gasteiger partial charge on any atom is -0.381 e. The van der Waals surface area contributed by atoms with Crippen molar-refractivity contribution in [2.24, 2.45) is 7.05 Å². The second-order valence-electron chi connectivity index (χ2n) is 3.33. The van der Waals surface area contributed by atoms with Crippen LogP contribution in [0.3, 0.4) is 0 Å². The lowest BCUT2D eigenvalue weighted by atomic mass is 10.1. The number of halogens is 1. The van der Waals surface area contributed by atoms with Gasteiger partial charge in [-0.3, -0.25) is 4.79 Å². The van der Waals surface area contributed by atoms with E-state index in [4.69, 9.17) is 16.1 Å². The fourth-order valence-electron chi connectivity index (χ4n) is 1.54. The Hall–Kier alpha value is -1.48. The van der Waals surface area contributed by atoms with Gasteiger partial charge >= 0.3 is 0 Å². The van der Waals surface area contributed by atoms with Gasteiger partial charge in [-0.1, -0.05) is 23.7 Å². The van der Waals surface area contributed by atoms with Gasteiger partial charge in [0.05, 0.1) is 5.56 Å². The van der Waals surface area contributed by atoms with Crippen molar-refractivity contribution in [3.63, 3.8) is 0 Å². The van der Waals surface area contributed by atoms with Gasteiger partial charge in [0.2, 0.25) is 0 Å². The molecule has 0 aliphatic rings. The van der Waals surface area contributed by atoms with Gasteiger partial charge in [-0.2, -0.15) is 4.74 Å². The molecule has 2 aromatic rings. The Kier molecular flexibility index (Phi) is 2.40. The summed E-state index contributed by atoms with van der Waals surface area (Å²) in [5.74, 6) is 0.616. The lowest BCUT2D eigenvalue weighted by Crippen LogP contribution is -2.11. The van der Waals surface area contributed by atoms with E-state index in [2.05, 4.69) is 0 Å². The molecule has 0 spiro atoms. The lowest BCUT2D eigenvalue weighted by Gasteiger charge is -1.96. The van der Waals surface area contributed by atoms with E-state index in [-0.39, 0.29) is 5.56 Å². The minimum absolute atomic E-state index is 0.130. The van der Waals surface area contributed by atoms with Gasteiger partial charge in [0.25, 0.3) is 5.56 Å². The summed E-state index contributed by atoms with van der Waals surface area (Å²) < 4.78 is 6.42. The average Bonchev–Trinajstić information content (AvgIpc) is 2.44. The Balaban J connectivity index is 2.64. The number of hydrogen-bond acceptors (Lipinski definition) is 2. The quantitative estimate of drug-likeness (QED) is 0.745. The Bertz CT molecular complexity index is 537. The van der Waals surface area contributed by atoms with Crippen molar-refractivity contribution in [3.05, 3.63) is 45.4 Å². The molecule has 0 N–H and O–H groups in total. The molecule has 78 valence electrons. The highest BCUT2D eigenvalue weighted by Gasteiger charge is 2.13. The first-order valence-electron chi connectivity index (χ1n) is 4.52. The topological polar surface area (TPSA) is 35.1 Å². The molecular weight excluding hydrogens is 214 g/mol. The summed E-state index contributed by atoms with van der Waals surface area (Å²) in [6.07, 6.45) is 0. The van der Waals surface area contributed by atoms with E-state index in [1.807, 2.05) is 12.1 Å². The fraction of sp³-hybridized carbons (Fsp3) is 0.182. The van der Waals surface area contributed by atoms with E-state index in [1.165, 1.54) is 4.74 Å². The third kappa shape index (κ3) is 1.70. The molecule has 0 atom stereocenters. The Morgan fingerprint density at radius 2 is 1.87 bits per heavy atom. The number of benzene rings is 1. The Morgan fingerprint density at radius 3 is 2.33 bits per heavy atom. The molecule has 0 aliphatic heterocycles. The normalized spacial score (nSPS) is 10.6. The minimum atomic E-state index is -0.130. The zero-order valence-electron chi connectivity index (χ0n) is 8.45. The first-order valence-corrected chi connectivity index (χ1v) is 4.90. The molecule has 0 unspecified atom stereocenters. The molecule has 0 amide bonds. The zero-order chi connectivity index (χ0) is 11.0. The van der Waals surface area contributed by atoms with E-state index < -0.39 is 0 Å². The highest BCUT2D eigenvalue weighted by atomic mass is 35.5. The summed E-state index contributed by atoms with van der Waals surface area (Å²) in [4.78, 5) is 11.7. The SMILES string of the molecule is Cc1on(C)c(=O)c1-c1ccc(Cl)cc1. The lowest BCUT2D eigenvalue weighted by molar-refractivity contribution is 0.283. The molecule has 4 heteroatoms. The molecule has 0 bridgehead atoms. The zero-order valence-corrected chi connectivity index (χ0v) is 9.21. The second kappa shape index (κ2) is 3.59. The summed E-state index contributed by atoms with van der Waals surface area (Å²) >= 11 is 5.78. The molecule has 2 rings (SSSR count). The highest BCUT2D eigenvalue weighted by Crippen LogP contribution is 2.21. The predicted octanol–water partition coefficient (Wildman–Crippen LogP) is 2.61. The van der Waals surface area contributed by atoms with E-state index >= 15 is 0 Å². The number of aryl methyl sites for hydroxylation is 2. The third-order valence-electron chi connectivity index (χ3n) is 2.26. The predicted molar refractivity (Wildman–Crippen MR) is 59.1 cm³/mol. The number of rotatable bonds is 1. The van der Waals surface area contributed by atoms with Crippen LogP contribution in [-0.2, 0) is 7.05 Å². The standard InChI is InChI=1S/C11H10ClNO2/c1-7-10(11(14)13(2)15-7)8-3-5-9(12)6-4-8/h3-6H,1-2H3. The van der Waals surface area contributed by atoms with Crippen molar-refractivity contribution in [2.75, 3.05) is 0 Å². The molecular formula is C11H10ClNO2. The summed E-state index contributed by atoms with van der Waals surface area (Å²) in [5, 5.41) is 0.650. The third-order valence-corrected chi connectivity index (χ3v) is 2.51. The number of hydrogen-bond donors (Lipinski definition) is 0. The van der Waals surface area contributed by atoms with Crippen molar-refractivity contribution in [2.45, 2.75) is 6.92 Å². The van der Waals surface area contributed by atoms with Crippen LogP contribution in [0.5, 0.6) is 0 Å². The van der Waals surface area contributed by atoms with E-state index in [1.54, 1.807) is 26.1 Å². The van der Waals surface area contributed by atoms with Crippen LogP contribution >= 0.6 is 11.6 Å². The first kappa shape index (κ1) is 10.1. The molecule has 15 heavy (non-hydrogen) atoms. The van der Waals surface area contributed by atoms with Gasteiger partial charge in [0.1, 0.15) is 5.76 Å². The highest BCUT2D eigenvalue weighted by molar-refractivity contribution is 6.30. The Morgan fingerprint density at radius 1 is 1.27 bits per heavy atom. The summed E-state index contributed by atoms with van der Waals surface area (Å²) in [6.45, 7) is 1.77. The molecule has 0 aliphatic carbocycles. The van der Waals surface area contributed by atoms with Crippen LogP contribution in [0.25, 0.3) is 11.1 Å². The monoisotopic (exact) mass is 223 g/mol. The first-order chi connectivity index (χ1) is 7.09. The van der Waals surface area contributed by atoms with Crippen LogP contribution in [0.2, 0.25) is 5.02 Å². The van der Waals surface area contributed by atoms with Crippen LogP contribution in [0.15, 0.2) is 33.6 Å². The molecule has 0 saturated heterocycles. The average molecular weight is 224 g/mol. The van der Waals surface area contributed by atoms with Gasteiger partial charge < -0.3 is 4.52 Å². The fourth-order valence-corrected chi connectivity index (χ4v) is 1.67. The van der Waals surface area contributed by atoms with Crippen molar-refractivity contribution >= 4 is 11.6 Å². The van der Waals surface area contributed by atoms with Gasteiger partial charge in [-0.25, -0.2) is 0 Å². The van der Waals surface area contributed by atoms with Gasteiger partial charge in [-0.05, 0) is 24.6 Å². The van der Waals surface area contributed by atoms with Crippen LogP contribution in [-0.4, -0.2) is 4.74 Å². The Labute approximate surface area is 91.9 Å². The van der Waals surface area contributed by atoms with Gasteiger partial charge in [-0.15, -0.1) is 0 Å². The molecule has 1 aromatic carbocycles. The van der Waals surface area contributed by atoms with Gasteiger partial charge in [0, 0.05) is 12.1 Å². The number of nitrogens with zero attached hydrogens (tertiary/aromatic N) is 1. The molecule has 1 aromatic heterocycles. The van der Waals surface area contributed by atoms with Crippen LogP contribution < -0.4 is 5.56 Å². The second-order valence-corrected chi connectivity index (χ2v) is 3.77. The van der Waals surface area contributed by atoms with Gasteiger partial charge in [0.15, 0.2) is 0 Å².